The van der Waals surface area contributed by atoms with Crippen molar-refractivity contribution in [3.05, 3.63) is 212 Å². The third kappa shape index (κ3) is 5.16. The van der Waals surface area contributed by atoms with Gasteiger partial charge in [-0.2, -0.15) is 0 Å². The highest BCUT2D eigenvalue weighted by molar-refractivity contribution is 6.27. The van der Waals surface area contributed by atoms with Crippen LogP contribution in [0.3, 0.4) is 0 Å². The zero-order valence-corrected chi connectivity index (χ0v) is 30.2. The SMILES string of the molecule is c1ccc(N(c2ccc(-c3ccc4c5ccccc5c5ccccc5c4c3)cc2)c2cccc(-c3ccc4c5ccccc5c5ccccc5c4c3)c2)cc1. The van der Waals surface area contributed by atoms with Crippen LogP contribution in [0, 0.1) is 0 Å². The largest absolute Gasteiger partial charge is 0.310 e. The summed E-state index contributed by atoms with van der Waals surface area (Å²) in [5.41, 5.74) is 8.14. The van der Waals surface area contributed by atoms with Crippen LogP contribution in [0.15, 0.2) is 212 Å². The molecule has 0 aliphatic rings. The van der Waals surface area contributed by atoms with E-state index in [1.807, 2.05) is 0 Å². The fourth-order valence-corrected chi connectivity index (χ4v) is 8.83. The molecule has 0 atom stereocenters. The summed E-state index contributed by atoms with van der Waals surface area (Å²) in [7, 11) is 0. The molecule has 0 aliphatic heterocycles. The van der Waals surface area contributed by atoms with Crippen LogP contribution < -0.4 is 4.90 Å². The van der Waals surface area contributed by atoms with Crippen LogP contribution in [0.1, 0.15) is 0 Å². The van der Waals surface area contributed by atoms with E-state index in [9.17, 15) is 0 Å². The molecule has 55 heavy (non-hydrogen) atoms. The summed E-state index contributed by atoms with van der Waals surface area (Å²) in [6, 6.07) is 77.7. The molecular weight excluding hydrogens is 663 g/mol. The van der Waals surface area contributed by atoms with Gasteiger partial charge in [0, 0.05) is 17.1 Å². The van der Waals surface area contributed by atoms with Crippen LogP contribution in [0.4, 0.5) is 17.1 Å². The van der Waals surface area contributed by atoms with Gasteiger partial charge in [-0.15, -0.1) is 0 Å². The Labute approximate surface area is 320 Å². The summed E-state index contributed by atoms with van der Waals surface area (Å²) in [6.45, 7) is 0. The van der Waals surface area contributed by atoms with Gasteiger partial charge in [0.05, 0.1) is 0 Å². The summed E-state index contributed by atoms with van der Waals surface area (Å²) >= 11 is 0. The van der Waals surface area contributed by atoms with E-state index in [0.29, 0.717) is 0 Å². The Morgan fingerprint density at radius 3 is 0.982 bits per heavy atom. The van der Waals surface area contributed by atoms with E-state index in [1.54, 1.807) is 0 Å². The molecule has 0 unspecified atom stereocenters. The molecule has 11 rings (SSSR count). The smallest absolute Gasteiger partial charge is 0.0467 e. The first-order valence-corrected chi connectivity index (χ1v) is 19.0. The van der Waals surface area contributed by atoms with Crippen molar-refractivity contribution < 1.29 is 0 Å². The zero-order chi connectivity index (χ0) is 36.3. The van der Waals surface area contributed by atoms with E-state index < -0.39 is 0 Å². The third-order valence-corrected chi connectivity index (χ3v) is 11.4. The van der Waals surface area contributed by atoms with Crippen LogP contribution in [0.2, 0.25) is 0 Å². The van der Waals surface area contributed by atoms with Crippen LogP contribution in [0.5, 0.6) is 0 Å². The second-order valence-corrected chi connectivity index (χ2v) is 14.5. The predicted octanol–water partition coefficient (Wildman–Crippen LogP) is 15.4. The van der Waals surface area contributed by atoms with Gasteiger partial charge >= 0.3 is 0 Å². The second kappa shape index (κ2) is 12.7. The van der Waals surface area contributed by atoms with Crippen molar-refractivity contribution in [2.75, 3.05) is 4.90 Å². The van der Waals surface area contributed by atoms with Crippen molar-refractivity contribution in [2.24, 2.45) is 0 Å². The van der Waals surface area contributed by atoms with Gasteiger partial charge in [-0.05, 0) is 135 Å². The zero-order valence-electron chi connectivity index (χ0n) is 30.2. The van der Waals surface area contributed by atoms with Crippen LogP contribution >= 0.6 is 0 Å². The molecule has 0 aromatic heterocycles. The summed E-state index contributed by atoms with van der Waals surface area (Å²) in [4.78, 5) is 2.36. The highest BCUT2D eigenvalue weighted by atomic mass is 15.1. The first kappa shape index (κ1) is 31.3. The lowest BCUT2D eigenvalue weighted by atomic mass is 9.92. The van der Waals surface area contributed by atoms with Gasteiger partial charge in [-0.3, -0.25) is 0 Å². The molecule has 0 saturated heterocycles. The molecule has 0 bridgehead atoms. The summed E-state index contributed by atoms with van der Waals surface area (Å²) in [5.74, 6) is 0. The summed E-state index contributed by atoms with van der Waals surface area (Å²) < 4.78 is 0. The minimum absolute atomic E-state index is 1.11. The fourth-order valence-electron chi connectivity index (χ4n) is 8.83. The monoisotopic (exact) mass is 697 g/mol. The molecule has 0 saturated carbocycles. The highest BCUT2D eigenvalue weighted by Crippen LogP contribution is 2.41. The second-order valence-electron chi connectivity index (χ2n) is 14.5. The predicted molar refractivity (Wildman–Crippen MR) is 237 cm³/mol. The van der Waals surface area contributed by atoms with Gasteiger partial charge in [0.25, 0.3) is 0 Å². The minimum Gasteiger partial charge on any atom is -0.310 e. The summed E-state index contributed by atoms with van der Waals surface area (Å²) in [5, 5.41) is 15.5. The van der Waals surface area contributed by atoms with Crippen molar-refractivity contribution >= 4 is 81.7 Å². The number of fused-ring (bicyclic) bond motifs is 12. The number of anilines is 3. The molecule has 11 aromatic rings. The molecule has 1 nitrogen and oxygen atoms in total. The first-order chi connectivity index (χ1) is 27.3. The van der Waals surface area contributed by atoms with E-state index in [-0.39, 0.29) is 0 Å². The lowest BCUT2D eigenvalue weighted by molar-refractivity contribution is 1.28. The molecule has 11 aromatic carbocycles. The summed E-state index contributed by atoms with van der Waals surface area (Å²) in [6.07, 6.45) is 0. The standard InChI is InChI=1S/C54H35N/c1-2-14-40(15-3-1)55(41-29-25-36(26-30-41)38-27-31-51-47-21-6-4-17-43(47)45-19-8-10-23-49(45)53(51)34-38)42-16-12-13-37(33-42)39-28-32-52-48-22-7-5-18-44(48)46-20-9-11-24-50(46)54(52)35-39/h1-35H. The van der Waals surface area contributed by atoms with Crippen LogP contribution in [0.25, 0.3) is 86.9 Å². The van der Waals surface area contributed by atoms with Gasteiger partial charge < -0.3 is 4.90 Å². The van der Waals surface area contributed by atoms with Gasteiger partial charge in [-0.1, -0.05) is 164 Å². The maximum atomic E-state index is 2.38. The van der Waals surface area contributed by atoms with Crippen molar-refractivity contribution in [2.45, 2.75) is 0 Å². The van der Waals surface area contributed by atoms with Crippen LogP contribution in [-0.2, 0) is 0 Å². The molecule has 0 heterocycles. The maximum absolute atomic E-state index is 2.38. The van der Waals surface area contributed by atoms with E-state index in [0.717, 1.165) is 17.1 Å². The third-order valence-electron chi connectivity index (χ3n) is 11.4. The molecule has 0 radical (unpaired) electrons. The van der Waals surface area contributed by atoms with Crippen LogP contribution in [-0.4, -0.2) is 0 Å². The Bertz CT molecular complexity index is 3180. The topological polar surface area (TPSA) is 3.24 Å². The normalized spacial score (nSPS) is 11.6. The van der Waals surface area contributed by atoms with E-state index >= 15 is 0 Å². The lowest BCUT2D eigenvalue weighted by Crippen LogP contribution is -2.09. The molecular formula is C54H35N. The maximum Gasteiger partial charge on any atom is 0.0467 e. The van der Waals surface area contributed by atoms with Gasteiger partial charge in [-0.25, -0.2) is 0 Å². The Hall–Kier alpha value is -7.22. The van der Waals surface area contributed by atoms with Gasteiger partial charge in [0.1, 0.15) is 0 Å². The number of rotatable bonds is 5. The molecule has 256 valence electrons. The molecule has 0 aliphatic carbocycles. The van der Waals surface area contributed by atoms with E-state index in [1.165, 1.54) is 86.9 Å². The van der Waals surface area contributed by atoms with E-state index in [2.05, 4.69) is 217 Å². The average Bonchev–Trinajstić information content (AvgIpc) is 3.27. The number of para-hydroxylation sites is 1. The van der Waals surface area contributed by atoms with Crippen molar-refractivity contribution in [3.8, 4) is 22.3 Å². The Kier molecular flexibility index (Phi) is 7.25. The van der Waals surface area contributed by atoms with Crippen molar-refractivity contribution in [3.63, 3.8) is 0 Å². The van der Waals surface area contributed by atoms with Crippen molar-refractivity contribution in [1.82, 2.24) is 0 Å². The fraction of sp³-hybridized carbons (Fsp3) is 0. The molecule has 0 amide bonds. The Morgan fingerprint density at radius 2 is 0.509 bits per heavy atom. The lowest BCUT2D eigenvalue weighted by Gasteiger charge is -2.26. The number of hydrogen-bond donors (Lipinski definition) is 0. The quantitative estimate of drug-likeness (QED) is 0.162. The Balaban J connectivity index is 1.01. The minimum atomic E-state index is 1.11. The average molecular weight is 698 g/mol. The number of benzene rings is 11. The first-order valence-electron chi connectivity index (χ1n) is 19.0. The highest BCUT2D eigenvalue weighted by Gasteiger charge is 2.16. The Morgan fingerprint density at radius 1 is 0.182 bits per heavy atom. The van der Waals surface area contributed by atoms with Gasteiger partial charge in [0.15, 0.2) is 0 Å². The molecule has 0 N–H and O–H groups in total. The molecule has 0 fully saturated rings. The van der Waals surface area contributed by atoms with E-state index in [4.69, 9.17) is 0 Å². The van der Waals surface area contributed by atoms with Crippen molar-refractivity contribution in [1.29, 1.82) is 0 Å². The number of nitrogens with zero attached hydrogens (tertiary/aromatic N) is 1. The number of hydrogen-bond acceptors (Lipinski definition) is 1. The molecule has 1 heteroatoms. The van der Waals surface area contributed by atoms with Gasteiger partial charge in [0.2, 0.25) is 0 Å². The molecule has 0 spiro atoms.